The zero-order valence-electron chi connectivity index (χ0n) is 11.2. The summed E-state index contributed by atoms with van der Waals surface area (Å²) in [4.78, 5) is 12.2. The van der Waals surface area contributed by atoms with Gasteiger partial charge in [-0.15, -0.1) is 0 Å². The molecule has 1 saturated heterocycles. The molecule has 3 nitrogen and oxygen atoms in total. The summed E-state index contributed by atoms with van der Waals surface area (Å²) < 4.78 is 0. The maximum Gasteiger partial charge on any atom is 0.237 e. The zero-order valence-corrected chi connectivity index (χ0v) is 12.0. The first-order chi connectivity index (χ1) is 9.33. The molecule has 0 spiro atoms. The minimum atomic E-state index is 0.0259. The number of thiophene rings is 1. The first-order valence-corrected chi connectivity index (χ1v) is 8.32. The van der Waals surface area contributed by atoms with Gasteiger partial charge in [-0.05, 0) is 54.0 Å². The number of piperidine rings is 1. The van der Waals surface area contributed by atoms with Crippen LogP contribution >= 0.6 is 11.3 Å². The lowest BCUT2D eigenvalue weighted by molar-refractivity contribution is -0.124. The van der Waals surface area contributed by atoms with Crippen LogP contribution in [-0.4, -0.2) is 18.0 Å². The van der Waals surface area contributed by atoms with Gasteiger partial charge in [-0.3, -0.25) is 4.79 Å². The van der Waals surface area contributed by atoms with Gasteiger partial charge in [0.25, 0.3) is 0 Å². The Labute approximate surface area is 118 Å². The number of amides is 1. The number of carbonyl (C=O) groups excluding carboxylic acids is 1. The van der Waals surface area contributed by atoms with Gasteiger partial charge in [-0.2, -0.15) is 11.3 Å². The standard InChI is InChI=1S/C15H22N2OS/c18-15(16-9-11-7-8-19-10-11)14-6-5-12-3-1-2-4-13(12)17-14/h7-8,10,12-14,17H,1-6,9H2,(H,16,18). The molecule has 1 aliphatic carbocycles. The first kappa shape index (κ1) is 13.1. The molecule has 2 fully saturated rings. The lowest BCUT2D eigenvalue weighted by Gasteiger charge is -2.39. The highest BCUT2D eigenvalue weighted by atomic mass is 32.1. The number of hydrogen-bond acceptors (Lipinski definition) is 3. The topological polar surface area (TPSA) is 41.1 Å². The summed E-state index contributed by atoms with van der Waals surface area (Å²) in [6, 6.07) is 2.67. The normalized spacial score (nSPS) is 30.6. The van der Waals surface area contributed by atoms with Crippen LogP contribution in [-0.2, 0) is 11.3 Å². The molecule has 1 aliphatic heterocycles. The van der Waals surface area contributed by atoms with E-state index in [4.69, 9.17) is 0 Å². The predicted molar refractivity (Wildman–Crippen MR) is 78.1 cm³/mol. The molecule has 1 aromatic rings. The summed E-state index contributed by atoms with van der Waals surface area (Å²) in [5.74, 6) is 0.991. The predicted octanol–water partition coefficient (Wildman–Crippen LogP) is 2.68. The fourth-order valence-corrected chi connectivity index (χ4v) is 4.08. The van der Waals surface area contributed by atoms with E-state index in [-0.39, 0.29) is 11.9 Å². The number of rotatable bonds is 3. The summed E-state index contributed by atoms with van der Waals surface area (Å²) in [7, 11) is 0. The summed E-state index contributed by atoms with van der Waals surface area (Å²) in [6.07, 6.45) is 7.50. The van der Waals surface area contributed by atoms with Crippen molar-refractivity contribution in [3.63, 3.8) is 0 Å². The molecule has 19 heavy (non-hydrogen) atoms. The van der Waals surface area contributed by atoms with Crippen molar-refractivity contribution in [3.05, 3.63) is 22.4 Å². The van der Waals surface area contributed by atoms with E-state index in [1.807, 2.05) is 5.38 Å². The molecule has 1 aromatic heterocycles. The van der Waals surface area contributed by atoms with Crippen molar-refractivity contribution >= 4 is 17.2 Å². The molecule has 2 aliphatic rings. The molecular weight excluding hydrogens is 256 g/mol. The van der Waals surface area contributed by atoms with E-state index in [2.05, 4.69) is 22.1 Å². The van der Waals surface area contributed by atoms with Crippen LogP contribution in [0.4, 0.5) is 0 Å². The summed E-state index contributed by atoms with van der Waals surface area (Å²) in [5, 5.41) is 10.8. The van der Waals surface area contributed by atoms with Gasteiger partial charge in [0.15, 0.2) is 0 Å². The average Bonchev–Trinajstić information content (AvgIpc) is 2.97. The van der Waals surface area contributed by atoms with Gasteiger partial charge in [0, 0.05) is 12.6 Å². The first-order valence-electron chi connectivity index (χ1n) is 7.38. The molecule has 3 atom stereocenters. The van der Waals surface area contributed by atoms with Gasteiger partial charge in [0.05, 0.1) is 6.04 Å². The highest BCUT2D eigenvalue weighted by Crippen LogP contribution is 2.32. The average molecular weight is 278 g/mol. The van der Waals surface area contributed by atoms with Crippen LogP contribution in [0, 0.1) is 5.92 Å². The van der Waals surface area contributed by atoms with Crippen LogP contribution in [0.25, 0.3) is 0 Å². The highest BCUT2D eigenvalue weighted by molar-refractivity contribution is 7.07. The van der Waals surface area contributed by atoms with Crippen LogP contribution in [0.1, 0.15) is 44.1 Å². The molecule has 0 radical (unpaired) electrons. The molecule has 1 saturated carbocycles. The molecule has 4 heteroatoms. The van der Waals surface area contributed by atoms with Crippen LogP contribution in [0.15, 0.2) is 16.8 Å². The number of nitrogens with one attached hydrogen (secondary N) is 2. The molecule has 1 amide bonds. The van der Waals surface area contributed by atoms with Crippen molar-refractivity contribution in [1.82, 2.24) is 10.6 Å². The van der Waals surface area contributed by atoms with E-state index in [0.717, 1.165) is 12.3 Å². The third kappa shape index (κ3) is 3.18. The third-order valence-corrected chi connectivity index (χ3v) is 5.25. The van der Waals surface area contributed by atoms with Crippen molar-refractivity contribution in [3.8, 4) is 0 Å². The second kappa shape index (κ2) is 6.06. The van der Waals surface area contributed by atoms with E-state index < -0.39 is 0 Å². The van der Waals surface area contributed by atoms with Crippen molar-refractivity contribution in [1.29, 1.82) is 0 Å². The van der Waals surface area contributed by atoms with Crippen LogP contribution < -0.4 is 10.6 Å². The molecule has 0 aromatic carbocycles. The minimum absolute atomic E-state index is 0.0259. The van der Waals surface area contributed by atoms with Gasteiger partial charge in [0.2, 0.25) is 5.91 Å². The van der Waals surface area contributed by atoms with E-state index in [1.54, 1.807) is 11.3 Å². The molecule has 2 N–H and O–H groups in total. The number of fused-ring (bicyclic) bond motifs is 1. The molecule has 3 rings (SSSR count). The molecular formula is C15H22N2OS. The second-order valence-electron chi connectivity index (χ2n) is 5.80. The summed E-state index contributed by atoms with van der Waals surface area (Å²) >= 11 is 1.67. The smallest absolute Gasteiger partial charge is 0.237 e. The molecule has 0 bridgehead atoms. The maximum absolute atomic E-state index is 12.2. The Kier molecular flexibility index (Phi) is 4.18. The fraction of sp³-hybridized carbons (Fsp3) is 0.667. The third-order valence-electron chi connectivity index (χ3n) is 4.51. The van der Waals surface area contributed by atoms with Gasteiger partial charge in [-0.1, -0.05) is 12.8 Å². The summed E-state index contributed by atoms with van der Waals surface area (Å²) in [5.41, 5.74) is 1.20. The van der Waals surface area contributed by atoms with Crippen molar-refractivity contribution < 1.29 is 4.79 Å². The van der Waals surface area contributed by atoms with E-state index in [9.17, 15) is 4.79 Å². The Bertz CT molecular complexity index is 418. The largest absolute Gasteiger partial charge is 0.351 e. The second-order valence-corrected chi connectivity index (χ2v) is 6.58. The van der Waals surface area contributed by atoms with Gasteiger partial charge < -0.3 is 10.6 Å². The molecule has 2 heterocycles. The Morgan fingerprint density at radius 2 is 2.21 bits per heavy atom. The van der Waals surface area contributed by atoms with Gasteiger partial charge in [-0.25, -0.2) is 0 Å². The fourth-order valence-electron chi connectivity index (χ4n) is 3.41. The van der Waals surface area contributed by atoms with Crippen LogP contribution in [0.5, 0.6) is 0 Å². The van der Waals surface area contributed by atoms with Crippen molar-refractivity contribution in [2.45, 2.75) is 57.2 Å². The van der Waals surface area contributed by atoms with Crippen LogP contribution in [0.2, 0.25) is 0 Å². The highest BCUT2D eigenvalue weighted by Gasteiger charge is 2.34. The van der Waals surface area contributed by atoms with E-state index in [0.29, 0.717) is 12.6 Å². The molecule has 3 unspecified atom stereocenters. The van der Waals surface area contributed by atoms with Gasteiger partial charge >= 0.3 is 0 Å². The Morgan fingerprint density at radius 3 is 3.05 bits per heavy atom. The van der Waals surface area contributed by atoms with E-state index >= 15 is 0 Å². The minimum Gasteiger partial charge on any atom is -0.351 e. The van der Waals surface area contributed by atoms with Crippen LogP contribution in [0.3, 0.4) is 0 Å². The maximum atomic E-state index is 12.2. The zero-order chi connectivity index (χ0) is 13.1. The SMILES string of the molecule is O=C(NCc1ccsc1)C1CCC2CCCCC2N1. The Hall–Kier alpha value is -0.870. The summed E-state index contributed by atoms with van der Waals surface area (Å²) in [6.45, 7) is 0.661. The van der Waals surface area contributed by atoms with E-state index in [1.165, 1.54) is 37.7 Å². The quantitative estimate of drug-likeness (QED) is 0.892. The molecule has 104 valence electrons. The van der Waals surface area contributed by atoms with Crippen molar-refractivity contribution in [2.24, 2.45) is 5.92 Å². The Balaban J connectivity index is 1.50. The lowest BCUT2D eigenvalue weighted by Crippen LogP contribution is -2.54. The lowest BCUT2D eigenvalue weighted by atomic mass is 9.77. The Morgan fingerprint density at radius 1 is 1.32 bits per heavy atom. The van der Waals surface area contributed by atoms with Crippen molar-refractivity contribution in [2.75, 3.05) is 0 Å². The van der Waals surface area contributed by atoms with Gasteiger partial charge in [0.1, 0.15) is 0 Å². The number of hydrogen-bond donors (Lipinski definition) is 2. The number of carbonyl (C=O) groups is 1. The monoisotopic (exact) mass is 278 g/mol.